The number of benzene rings is 1. The van der Waals surface area contributed by atoms with Crippen LogP contribution in [0.1, 0.15) is 79.8 Å². The molecule has 2 saturated heterocycles. The van der Waals surface area contributed by atoms with Gasteiger partial charge in [0.05, 0.1) is 11.6 Å². The number of piperidine rings is 1. The molecule has 0 radical (unpaired) electrons. The molecule has 2 aliphatic carbocycles. The summed E-state index contributed by atoms with van der Waals surface area (Å²) >= 11 is 8.00. The molecule has 34 heavy (non-hydrogen) atoms. The van der Waals surface area contributed by atoms with Crippen molar-refractivity contribution in [2.45, 2.75) is 81.6 Å². The highest BCUT2D eigenvalue weighted by Gasteiger charge is 2.53. The molecule has 1 N–H and O–H groups in total. The standard InChI is InChI=1S/C28H36ClN3OS/c29-27-31-23-12-7-14-28(25(23)34-27)18-30-17-22(28)26(33)32-15-13-21(19-8-3-1-4-9-19)16-24(32)20-10-5-2-6-11-20/h1,3-4,8-9,20-22,24,30H,2,5-7,10-18H2/t21-,22+,24+,28-/m1/s1. The highest BCUT2D eigenvalue weighted by Crippen LogP contribution is 2.50. The zero-order valence-corrected chi connectivity index (χ0v) is 21.5. The number of hydrogen-bond acceptors (Lipinski definition) is 4. The fourth-order valence-corrected chi connectivity index (χ4v) is 9.06. The second kappa shape index (κ2) is 9.55. The summed E-state index contributed by atoms with van der Waals surface area (Å²) in [4.78, 5) is 22.7. The van der Waals surface area contributed by atoms with Crippen LogP contribution in [0.25, 0.3) is 0 Å². The van der Waals surface area contributed by atoms with Gasteiger partial charge < -0.3 is 10.2 Å². The molecule has 0 unspecified atom stereocenters. The SMILES string of the molecule is O=C([C@@H]1CNC[C@]12CCCc1nc(Cl)sc12)N1CC[C@@H](c2ccccc2)C[C@H]1C1CCCCC1. The minimum atomic E-state index is -0.122. The van der Waals surface area contributed by atoms with Gasteiger partial charge in [-0.1, -0.05) is 61.2 Å². The van der Waals surface area contributed by atoms with Crippen LogP contribution in [-0.4, -0.2) is 41.5 Å². The minimum Gasteiger partial charge on any atom is -0.339 e. The zero-order valence-electron chi connectivity index (χ0n) is 20.0. The molecule has 1 saturated carbocycles. The van der Waals surface area contributed by atoms with E-state index in [0.29, 0.717) is 28.3 Å². The van der Waals surface area contributed by atoms with Crippen molar-refractivity contribution in [2.75, 3.05) is 19.6 Å². The van der Waals surface area contributed by atoms with Crippen LogP contribution in [0, 0.1) is 11.8 Å². The first kappa shape index (κ1) is 23.0. The summed E-state index contributed by atoms with van der Waals surface area (Å²) in [5.74, 6) is 1.61. The van der Waals surface area contributed by atoms with Crippen molar-refractivity contribution in [3.05, 3.63) is 50.9 Å². The number of halogens is 1. The van der Waals surface area contributed by atoms with Gasteiger partial charge in [0.1, 0.15) is 0 Å². The fourth-order valence-electron chi connectivity index (χ4n) is 7.61. The number of carbonyl (C=O) groups excluding carboxylic acids is 1. The van der Waals surface area contributed by atoms with Crippen LogP contribution in [0.3, 0.4) is 0 Å². The molecule has 3 heterocycles. The molecule has 2 aromatic rings. The van der Waals surface area contributed by atoms with Crippen molar-refractivity contribution in [1.29, 1.82) is 0 Å². The van der Waals surface area contributed by atoms with Gasteiger partial charge >= 0.3 is 0 Å². The van der Waals surface area contributed by atoms with Crippen LogP contribution in [0.4, 0.5) is 0 Å². The number of rotatable bonds is 3. The van der Waals surface area contributed by atoms with Crippen molar-refractivity contribution < 1.29 is 4.79 Å². The number of aromatic nitrogens is 1. The van der Waals surface area contributed by atoms with E-state index < -0.39 is 0 Å². The van der Waals surface area contributed by atoms with E-state index in [9.17, 15) is 4.79 Å². The Balaban J connectivity index is 1.30. The van der Waals surface area contributed by atoms with Crippen molar-refractivity contribution >= 4 is 28.8 Å². The molecular formula is C28H36ClN3OS. The predicted molar refractivity (Wildman–Crippen MR) is 139 cm³/mol. The second-order valence-electron chi connectivity index (χ2n) is 11.1. The number of thiazole rings is 1. The van der Waals surface area contributed by atoms with E-state index in [1.54, 1.807) is 11.3 Å². The van der Waals surface area contributed by atoms with Gasteiger partial charge in [-0.15, -0.1) is 11.3 Å². The molecular weight excluding hydrogens is 462 g/mol. The Morgan fingerprint density at radius 2 is 1.94 bits per heavy atom. The number of fused-ring (bicyclic) bond motifs is 2. The van der Waals surface area contributed by atoms with Crippen molar-refractivity contribution in [3.63, 3.8) is 0 Å². The van der Waals surface area contributed by atoms with E-state index in [0.717, 1.165) is 57.4 Å². The Hall–Kier alpha value is -1.43. The van der Waals surface area contributed by atoms with Crippen LogP contribution in [-0.2, 0) is 16.6 Å². The smallest absolute Gasteiger partial charge is 0.228 e. The summed E-state index contributed by atoms with van der Waals surface area (Å²) in [7, 11) is 0. The van der Waals surface area contributed by atoms with Crippen LogP contribution in [0.15, 0.2) is 30.3 Å². The second-order valence-corrected chi connectivity index (χ2v) is 12.6. The average molecular weight is 498 g/mol. The molecule has 1 spiro atoms. The molecule has 0 bridgehead atoms. The lowest BCUT2D eigenvalue weighted by Gasteiger charge is -2.47. The Labute approximate surface area is 212 Å². The van der Waals surface area contributed by atoms with E-state index in [1.807, 2.05) is 0 Å². The molecule has 4 nitrogen and oxygen atoms in total. The quantitative estimate of drug-likeness (QED) is 0.570. The number of aryl methyl sites for hydroxylation is 1. The van der Waals surface area contributed by atoms with Gasteiger partial charge in [0.25, 0.3) is 0 Å². The van der Waals surface area contributed by atoms with Gasteiger partial charge in [-0.2, -0.15) is 0 Å². The molecule has 2 aliphatic heterocycles. The third-order valence-electron chi connectivity index (χ3n) is 9.31. The van der Waals surface area contributed by atoms with Crippen molar-refractivity contribution in [2.24, 2.45) is 11.8 Å². The van der Waals surface area contributed by atoms with Gasteiger partial charge in [0.2, 0.25) is 5.91 Å². The zero-order chi connectivity index (χ0) is 23.1. The topological polar surface area (TPSA) is 45.2 Å². The van der Waals surface area contributed by atoms with Crippen LogP contribution in [0.5, 0.6) is 0 Å². The van der Waals surface area contributed by atoms with Crippen molar-refractivity contribution in [3.8, 4) is 0 Å². The molecule has 6 heteroatoms. The Kier molecular flexibility index (Phi) is 6.46. The number of nitrogens with one attached hydrogen (secondary N) is 1. The molecule has 3 fully saturated rings. The molecule has 1 aromatic heterocycles. The summed E-state index contributed by atoms with van der Waals surface area (Å²) < 4.78 is 0.633. The summed E-state index contributed by atoms with van der Waals surface area (Å²) in [5.41, 5.74) is 2.48. The Morgan fingerprint density at radius 1 is 1.12 bits per heavy atom. The Morgan fingerprint density at radius 3 is 2.76 bits per heavy atom. The first-order valence-electron chi connectivity index (χ1n) is 13.4. The molecule has 4 aliphatic rings. The predicted octanol–water partition coefficient (Wildman–Crippen LogP) is 5.95. The summed E-state index contributed by atoms with van der Waals surface area (Å²) in [6.45, 7) is 2.55. The van der Waals surface area contributed by atoms with Crippen molar-refractivity contribution in [1.82, 2.24) is 15.2 Å². The summed E-state index contributed by atoms with van der Waals surface area (Å²) in [6.07, 6.45) is 11.9. The van der Waals surface area contributed by atoms with E-state index in [4.69, 9.17) is 11.6 Å². The lowest BCUT2D eigenvalue weighted by atomic mass is 9.68. The maximum atomic E-state index is 14.4. The van der Waals surface area contributed by atoms with Gasteiger partial charge in [-0.3, -0.25) is 4.79 Å². The monoisotopic (exact) mass is 497 g/mol. The average Bonchev–Trinajstić information content (AvgIpc) is 3.48. The third-order valence-corrected chi connectivity index (χ3v) is 10.7. The number of amides is 1. The van der Waals surface area contributed by atoms with Crippen LogP contribution in [0.2, 0.25) is 4.47 Å². The fraction of sp³-hybridized carbons (Fsp3) is 0.643. The van der Waals surface area contributed by atoms with Gasteiger partial charge in [0, 0.05) is 36.0 Å². The lowest BCUT2D eigenvalue weighted by Crippen LogP contribution is -2.55. The van der Waals surface area contributed by atoms with Gasteiger partial charge in [-0.05, 0) is 62.3 Å². The number of hydrogen-bond donors (Lipinski definition) is 1. The summed E-state index contributed by atoms with van der Waals surface area (Å²) in [6, 6.07) is 11.4. The Bertz CT molecular complexity index is 1020. The van der Waals surface area contributed by atoms with E-state index in [2.05, 4.69) is 45.5 Å². The van der Waals surface area contributed by atoms with Gasteiger partial charge in [0.15, 0.2) is 4.47 Å². The lowest BCUT2D eigenvalue weighted by molar-refractivity contribution is -0.143. The number of nitrogens with zero attached hydrogens (tertiary/aromatic N) is 2. The first-order chi connectivity index (χ1) is 16.7. The molecule has 6 rings (SSSR count). The number of likely N-dealkylation sites (tertiary alicyclic amines) is 1. The summed E-state index contributed by atoms with van der Waals surface area (Å²) in [5, 5.41) is 3.62. The van der Waals surface area contributed by atoms with E-state index in [1.165, 1.54) is 42.5 Å². The highest BCUT2D eigenvalue weighted by atomic mass is 35.5. The van der Waals surface area contributed by atoms with Crippen LogP contribution >= 0.6 is 22.9 Å². The van der Waals surface area contributed by atoms with Crippen LogP contribution < -0.4 is 5.32 Å². The maximum Gasteiger partial charge on any atom is 0.228 e. The number of carbonyl (C=O) groups is 1. The normalized spacial score (nSPS) is 32.1. The van der Waals surface area contributed by atoms with Gasteiger partial charge in [-0.25, -0.2) is 4.98 Å². The molecule has 4 atom stereocenters. The molecule has 182 valence electrons. The van der Waals surface area contributed by atoms with E-state index in [-0.39, 0.29) is 11.3 Å². The third kappa shape index (κ3) is 4.02. The highest BCUT2D eigenvalue weighted by molar-refractivity contribution is 7.16. The molecule has 1 amide bonds. The van der Waals surface area contributed by atoms with E-state index >= 15 is 0 Å². The minimum absolute atomic E-state index is 0.00225. The molecule has 1 aromatic carbocycles. The maximum absolute atomic E-state index is 14.4. The first-order valence-corrected chi connectivity index (χ1v) is 14.6. The largest absolute Gasteiger partial charge is 0.339 e.